The number of rotatable bonds is 3. The zero-order valence-corrected chi connectivity index (χ0v) is 12.5. The van der Waals surface area contributed by atoms with Gasteiger partial charge < -0.3 is 10.3 Å². The molecule has 106 valence electrons. The van der Waals surface area contributed by atoms with E-state index in [9.17, 15) is 0 Å². The Morgan fingerprint density at radius 1 is 1.05 bits per heavy atom. The Labute approximate surface area is 125 Å². The summed E-state index contributed by atoms with van der Waals surface area (Å²) < 4.78 is 2.28. The zero-order chi connectivity index (χ0) is 14.8. The zero-order valence-electron chi connectivity index (χ0n) is 12.5. The van der Waals surface area contributed by atoms with Crippen molar-refractivity contribution >= 4 is 22.7 Å². The average Bonchev–Trinajstić information content (AvgIpc) is 2.79. The SMILES string of the molecule is CC/C=C\c1c(C)n(-c2ccccc2)c2cccc(N)c12. The third kappa shape index (κ3) is 2.23. The number of benzene rings is 2. The minimum atomic E-state index is 0.834. The molecule has 0 aliphatic rings. The Bertz CT molecular complexity index is 795. The van der Waals surface area contributed by atoms with Crippen molar-refractivity contribution in [2.45, 2.75) is 20.3 Å². The predicted molar refractivity (Wildman–Crippen MR) is 91.7 cm³/mol. The van der Waals surface area contributed by atoms with E-state index in [4.69, 9.17) is 5.73 Å². The van der Waals surface area contributed by atoms with Crippen LogP contribution < -0.4 is 5.73 Å². The first-order chi connectivity index (χ1) is 10.2. The van der Waals surface area contributed by atoms with Gasteiger partial charge >= 0.3 is 0 Å². The van der Waals surface area contributed by atoms with E-state index in [1.54, 1.807) is 0 Å². The molecule has 3 aromatic rings. The van der Waals surface area contributed by atoms with E-state index in [1.807, 2.05) is 18.2 Å². The number of nitrogen functional groups attached to an aromatic ring is 1. The molecule has 1 aromatic heterocycles. The average molecular weight is 276 g/mol. The molecule has 2 nitrogen and oxygen atoms in total. The second kappa shape index (κ2) is 5.49. The highest BCUT2D eigenvalue weighted by molar-refractivity contribution is 6.00. The van der Waals surface area contributed by atoms with Crippen LogP contribution in [0.2, 0.25) is 0 Å². The van der Waals surface area contributed by atoms with Crippen molar-refractivity contribution in [1.82, 2.24) is 4.57 Å². The smallest absolute Gasteiger partial charge is 0.0558 e. The predicted octanol–water partition coefficient (Wildman–Crippen LogP) is 4.94. The molecule has 0 aliphatic carbocycles. The molecule has 0 unspecified atom stereocenters. The van der Waals surface area contributed by atoms with Crippen LogP contribution in [0, 0.1) is 6.92 Å². The molecule has 0 fully saturated rings. The summed E-state index contributed by atoms with van der Waals surface area (Å²) in [5.74, 6) is 0. The maximum absolute atomic E-state index is 6.24. The van der Waals surface area contributed by atoms with Crippen molar-refractivity contribution in [3.63, 3.8) is 0 Å². The Hall–Kier alpha value is -2.48. The third-order valence-corrected chi connectivity index (χ3v) is 3.84. The summed E-state index contributed by atoms with van der Waals surface area (Å²) in [6.07, 6.45) is 5.39. The highest BCUT2D eigenvalue weighted by Gasteiger charge is 2.15. The molecule has 2 aromatic carbocycles. The molecule has 0 aliphatic heterocycles. The lowest BCUT2D eigenvalue weighted by molar-refractivity contribution is 1.05. The topological polar surface area (TPSA) is 30.9 Å². The van der Waals surface area contributed by atoms with Crippen molar-refractivity contribution in [3.05, 3.63) is 65.9 Å². The normalized spacial score (nSPS) is 11.5. The summed E-state index contributed by atoms with van der Waals surface area (Å²) in [5.41, 5.74) is 11.8. The van der Waals surface area contributed by atoms with Crippen LogP contribution in [0.4, 0.5) is 5.69 Å². The van der Waals surface area contributed by atoms with Gasteiger partial charge in [-0.2, -0.15) is 0 Å². The molecular formula is C19H20N2. The van der Waals surface area contributed by atoms with Crippen molar-refractivity contribution in [2.75, 3.05) is 5.73 Å². The molecule has 2 N–H and O–H groups in total. The van der Waals surface area contributed by atoms with Crippen molar-refractivity contribution in [2.24, 2.45) is 0 Å². The third-order valence-electron chi connectivity index (χ3n) is 3.84. The van der Waals surface area contributed by atoms with Gasteiger partial charge in [-0.3, -0.25) is 0 Å². The van der Waals surface area contributed by atoms with E-state index in [0.29, 0.717) is 0 Å². The van der Waals surface area contributed by atoms with Gasteiger partial charge in [-0.1, -0.05) is 43.3 Å². The van der Waals surface area contributed by atoms with Gasteiger partial charge in [0.05, 0.1) is 5.52 Å². The van der Waals surface area contributed by atoms with Crippen LogP contribution in [-0.2, 0) is 0 Å². The number of nitrogens with two attached hydrogens (primary N) is 1. The number of hydrogen-bond donors (Lipinski definition) is 1. The van der Waals surface area contributed by atoms with Crippen LogP contribution >= 0.6 is 0 Å². The Kier molecular flexibility index (Phi) is 3.53. The van der Waals surface area contributed by atoms with Gasteiger partial charge in [-0.25, -0.2) is 0 Å². The summed E-state index contributed by atoms with van der Waals surface area (Å²) >= 11 is 0. The van der Waals surface area contributed by atoms with Crippen molar-refractivity contribution in [3.8, 4) is 5.69 Å². The minimum Gasteiger partial charge on any atom is -0.398 e. The van der Waals surface area contributed by atoms with Crippen LogP contribution in [0.3, 0.4) is 0 Å². The number of allylic oxidation sites excluding steroid dienone is 1. The summed E-state index contributed by atoms with van der Waals surface area (Å²) in [6.45, 7) is 4.30. The van der Waals surface area contributed by atoms with Gasteiger partial charge in [-0.05, 0) is 37.6 Å². The van der Waals surface area contributed by atoms with Gasteiger partial charge in [0.2, 0.25) is 0 Å². The fourth-order valence-electron chi connectivity index (χ4n) is 2.87. The summed E-state index contributed by atoms with van der Waals surface area (Å²) in [4.78, 5) is 0. The van der Waals surface area contributed by atoms with Crippen LogP contribution in [0.1, 0.15) is 24.6 Å². The lowest BCUT2D eigenvalue weighted by Gasteiger charge is -2.08. The highest BCUT2D eigenvalue weighted by Crippen LogP contribution is 2.33. The molecular weight excluding hydrogens is 256 g/mol. The van der Waals surface area contributed by atoms with E-state index in [0.717, 1.165) is 23.0 Å². The number of anilines is 1. The number of nitrogens with zero attached hydrogens (tertiary/aromatic N) is 1. The number of hydrogen-bond acceptors (Lipinski definition) is 1. The van der Waals surface area contributed by atoms with Crippen LogP contribution in [0.15, 0.2) is 54.6 Å². The van der Waals surface area contributed by atoms with E-state index < -0.39 is 0 Å². The number of para-hydroxylation sites is 1. The Balaban J connectivity index is 2.38. The largest absolute Gasteiger partial charge is 0.398 e. The molecule has 0 radical (unpaired) electrons. The van der Waals surface area contributed by atoms with Gasteiger partial charge in [0, 0.05) is 28.0 Å². The Morgan fingerprint density at radius 2 is 1.81 bits per heavy atom. The van der Waals surface area contributed by atoms with Gasteiger partial charge in [0.1, 0.15) is 0 Å². The summed E-state index contributed by atoms with van der Waals surface area (Å²) in [5, 5.41) is 1.14. The quantitative estimate of drug-likeness (QED) is 0.674. The lowest BCUT2D eigenvalue weighted by Crippen LogP contribution is -1.96. The van der Waals surface area contributed by atoms with Gasteiger partial charge in [0.15, 0.2) is 0 Å². The number of aromatic nitrogens is 1. The van der Waals surface area contributed by atoms with Crippen LogP contribution in [0.25, 0.3) is 22.7 Å². The maximum atomic E-state index is 6.24. The fraction of sp³-hybridized carbons (Fsp3) is 0.158. The van der Waals surface area contributed by atoms with E-state index in [-0.39, 0.29) is 0 Å². The molecule has 21 heavy (non-hydrogen) atoms. The lowest BCUT2D eigenvalue weighted by atomic mass is 10.1. The highest BCUT2D eigenvalue weighted by atomic mass is 15.0. The molecule has 0 saturated heterocycles. The van der Waals surface area contributed by atoms with Gasteiger partial charge in [-0.15, -0.1) is 0 Å². The monoisotopic (exact) mass is 276 g/mol. The van der Waals surface area contributed by atoms with Crippen LogP contribution in [-0.4, -0.2) is 4.57 Å². The molecule has 0 spiro atoms. The van der Waals surface area contributed by atoms with Gasteiger partial charge in [0.25, 0.3) is 0 Å². The van der Waals surface area contributed by atoms with Crippen LogP contribution in [0.5, 0.6) is 0 Å². The molecule has 1 heterocycles. The van der Waals surface area contributed by atoms with Crippen molar-refractivity contribution in [1.29, 1.82) is 0 Å². The number of fused-ring (bicyclic) bond motifs is 1. The Morgan fingerprint density at radius 3 is 2.52 bits per heavy atom. The fourth-order valence-corrected chi connectivity index (χ4v) is 2.87. The molecule has 0 bridgehead atoms. The first-order valence-corrected chi connectivity index (χ1v) is 7.35. The van der Waals surface area contributed by atoms with E-state index >= 15 is 0 Å². The van der Waals surface area contributed by atoms with E-state index in [2.05, 4.69) is 60.9 Å². The first-order valence-electron chi connectivity index (χ1n) is 7.35. The minimum absolute atomic E-state index is 0.834. The summed E-state index contributed by atoms with van der Waals surface area (Å²) in [6, 6.07) is 16.5. The molecule has 3 rings (SSSR count). The standard InChI is InChI=1S/C19H20N2/c1-3-4-11-16-14(2)21(15-9-6-5-7-10-15)18-13-8-12-17(20)19(16)18/h4-13H,3,20H2,1-2H3/b11-4-. The molecule has 0 saturated carbocycles. The second-order valence-electron chi connectivity index (χ2n) is 5.22. The second-order valence-corrected chi connectivity index (χ2v) is 5.22. The molecule has 0 atom stereocenters. The first kappa shape index (κ1) is 13.5. The molecule has 0 amide bonds. The molecule has 2 heteroatoms. The summed E-state index contributed by atoms with van der Waals surface area (Å²) in [7, 11) is 0. The van der Waals surface area contributed by atoms with E-state index in [1.165, 1.54) is 16.9 Å². The van der Waals surface area contributed by atoms with Crippen molar-refractivity contribution < 1.29 is 0 Å². The maximum Gasteiger partial charge on any atom is 0.0558 e.